The Morgan fingerprint density at radius 3 is 1.16 bits per heavy atom. The Kier molecular flexibility index (Phi) is 4.16. The van der Waals surface area contributed by atoms with Crippen LogP contribution in [0.4, 0.5) is 48.3 Å². The first-order valence-electron chi connectivity index (χ1n) is 3.72. The average molecular weight is 332 g/mol. The van der Waals surface area contributed by atoms with Crippen LogP contribution in [0.5, 0.6) is 0 Å². The summed E-state index contributed by atoms with van der Waals surface area (Å²) in [5, 5.41) is -3.52. The zero-order valence-corrected chi connectivity index (χ0v) is 8.70. The molecular formula is C6ClF11O. The van der Waals surface area contributed by atoms with Crippen molar-refractivity contribution in [3.63, 3.8) is 0 Å². The molecule has 0 saturated heterocycles. The standard InChI is InChI=1S/C6ClF11O/c7-1(19)2(8,9)3(10,11)4(12,13)5(14,15)6(16,17)18. The summed E-state index contributed by atoms with van der Waals surface area (Å²) in [5.41, 5.74) is 0. The van der Waals surface area contributed by atoms with Gasteiger partial charge < -0.3 is 0 Å². The second-order valence-corrected chi connectivity index (χ2v) is 3.41. The lowest BCUT2D eigenvalue weighted by Gasteiger charge is -2.35. The second kappa shape index (κ2) is 4.35. The summed E-state index contributed by atoms with van der Waals surface area (Å²) in [5.74, 6) is -29.1. The van der Waals surface area contributed by atoms with Crippen molar-refractivity contribution in [2.45, 2.75) is 29.9 Å². The van der Waals surface area contributed by atoms with Crippen LogP contribution in [0.3, 0.4) is 0 Å². The van der Waals surface area contributed by atoms with Crippen LogP contribution in [0.1, 0.15) is 0 Å². The average Bonchev–Trinajstić information content (AvgIpc) is 2.14. The lowest BCUT2D eigenvalue weighted by molar-refractivity contribution is -0.416. The number of carbonyl (C=O) groups is 1. The molecule has 0 N–H and O–H groups in total. The third kappa shape index (κ3) is 2.34. The van der Waals surface area contributed by atoms with Crippen LogP contribution in [0, 0.1) is 0 Å². The number of halogens is 12. The van der Waals surface area contributed by atoms with Gasteiger partial charge in [-0.1, -0.05) is 0 Å². The molecule has 0 aromatic heterocycles. The Bertz CT molecular complexity index is 370. The van der Waals surface area contributed by atoms with Crippen LogP contribution in [0.2, 0.25) is 0 Å². The third-order valence-electron chi connectivity index (χ3n) is 1.79. The van der Waals surface area contributed by atoms with Gasteiger partial charge in [-0.3, -0.25) is 4.79 Å². The van der Waals surface area contributed by atoms with Crippen molar-refractivity contribution in [3.05, 3.63) is 0 Å². The highest BCUT2D eigenvalue weighted by atomic mass is 35.5. The van der Waals surface area contributed by atoms with E-state index in [-0.39, 0.29) is 0 Å². The largest absolute Gasteiger partial charge is 0.460 e. The SMILES string of the molecule is O=C(Cl)C(F)(F)C(F)(F)C(F)(F)C(F)(F)C(F)(F)F. The lowest BCUT2D eigenvalue weighted by Crippen LogP contribution is -2.67. The summed E-state index contributed by atoms with van der Waals surface area (Å²) in [6, 6.07) is 0. The molecule has 0 amide bonds. The fourth-order valence-electron chi connectivity index (χ4n) is 0.696. The van der Waals surface area contributed by atoms with Crippen molar-refractivity contribution in [1.82, 2.24) is 0 Å². The molecule has 1 nitrogen and oxygen atoms in total. The van der Waals surface area contributed by atoms with E-state index in [1.807, 2.05) is 0 Å². The highest BCUT2D eigenvalue weighted by Crippen LogP contribution is 2.57. The number of carbonyl (C=O) groups excluding carboxylic acids is 1. The molecule has 114 valence electrons. The minimum absolute atomic E-state index is 3.52. The molecule has 0 aromatic carbocycles. The second-order valence-electron chi connectivity index (χ2n) is 3.07. The topological polar surface area (TPSA) is 17.1 Å². The van der Waals surface area contributed by atoms with E-state index in [9.17, 15) is 53.1 Å². The van der Waals surface area contributed by atoms with Crippen molar-refractivity contribution in [2.75, 3.05) is 0 Å². The third-order valence-corrected chi connectivity index (χ3v) is 2.02. The summed E-state index contributed by atoms with van der Waals surface area (Å²) < 4.78 is 133. The van der Waals surface area contributed by atoms with Crippen LogP contribution in [-0.4, -0.2) is 35.1 Å². The monoisotopic (exact) mass is 332 g/mol. The van der Waals surface area contributed by atoms with E-state index in [2.05, 4.69) is 11.6 Å². The minimum atomic E-state index is -7.60. The molecule has 0 saturated carbocycles. The molecule has 0 radical (unpaired) electrons. The molecule has 0 aliphatic heterocycles. The Morgan fingerprint density at radius 2 is 0.947 bits per heavy atom. The molecule has 0 fully saturated rings. The summed E-state index contributed by atoms with van der Waals surface area (Å²) in [4.78, 5) is 9.81. The van der Waals surface area contributed by atoms with Gasteiger partial charge in [0.15, 0.2) is 0 Å². The van der Waals surface area contributed by atoms with Crippen molar-refractivity contribution in [1.29, 1.82) is 0 Å². The van der Waals surface area contributed by atoms with Gasteiger partial charge in [0, 0.05) is 0 Å². The van der Waals surface area contributed by atoms with E-state index in [4.69, 9.17) is 0 Å². The highest BCUT2D eigenvalue weighted by Gasteiger charge is 2.88. The first-order valence-corrected chi connectivity index (χ1v) is 4.10. The van der Waals surface area contributed by atoms with E-state index in [1.165, 1.54) is 0 Å². The molecule has 19 heavy (non-hydrogen) atoms. The normalized spacial score (nSPS) is 15.6. The van der Waals surface area contributed by atoms with E-state index in [1.54, 1.807) is 0 Å². The van der Waals surface area contributed by atoms with E-state index >= 15 is 0 Å². The van der Waals surface area contributed by atoms with Crippen molar-refractivity contribution in [2.24, 2.45) is 0 Å². The Morgan fingerprint density at radius 1 is 0.632 bits per heavy atom. The predicted molar refractivity (Wildman–Crippen MR) is 36.7 cm³/mol. The van der Waals surface area contributed by atoms with Crippen molar-refractivity contribution in [3.8, 4) is 0 Å². The van der Waals surface area contributed by atoms with Gasteiger partial charge in [-0.2, -0.15) is 48.3 Å². The summed E-state index contributed by atoms with van der Waals surface area (Å²) >= 11 is 3.80. The van der Waals surface area contributed by atoms with Crippen LogP contribution in [-0.2, 0) is 4.79 Å². The maximum atomic E-state index is 12.5. The van der Waals surface area contributed by atoms with E-state index < -0.39 is 35.1 Å². The van der Waals surface area contributed by atoms with Crippen LogP contribution in [0.25, 0.3) is 0 Å². The highest BCUT2D eigenvalue weighted by molar-refractivity contribution is 6.65. The quantitative estimate of drug-likeness (QED) is 0.564. The van der Waals surface area contributed by atoms with Crippen LogP contribution >= 0.6 is 11.6 Å². The van der Waals surface area contributed by atoms with Gasteiger partial charge in [-0.05, 0) is 11.6 Å². The van der Waals surface area contributed by atoms with Gasteiger partial charge in [0.05, 0.1) is 0 Å². The zero-order chi connectivity index (χ0) is 16.1. The minimum Gasteiger partial charge on any atom is -0.274 e. The molecule has 0 bridgehead atoms. The first-order chi connectivity index (χ1) is 7.94. The fourth-order valence-corrected chi connectivity index (χ4v) is 0.814. The molecule has 0 aromatic rings. The van der Waals surface area contributed by atoms with E-state index in [0.717, 1.165) is 0 Å². The number of hydrogen-bond acceptors (Lipinski definition) is 1. The zero-order valence-electron chi connectivity index (χ0n) is 7.94. The van der Waals surface area contributed by atoms with E-state index in [0.29, 0.717) is 0 Å². The molecular weight excluding hydrogens is 332 g/mol. The summed E-state index contributed by atoms with van der Waals surface area (Å²) in [7, 11) is 0. The van der Waals surface area contributed by atoms with Gasteiger partial charge in [0.1, 0.15) is 0 Å². The maximum Gasteiger partial charge on any atom is 0.460 e. The van der Waals surface area contributed by atoms with Gasteiger partial charge >= 0.3 is 29.9 Å². The molecule has 0 spiro atoms. The van der Waals surface area contributed by atoms with Crippen LogP contribution in [0.15, 0.2) is 0 Å². The molecule has 0 heterocycles. The van der Waals surface area contributed by atoms with Crippen molar-refractivity contribution < 1.29 is 53.1 Å². The molecule has 0 atom stereocenters. The Balaban J connectivity index is 5.99. The van der Waals surface area contributed by atoms with Gasteiger partial charge in [-0.25, -0.2) is 0 Å². The molecule has 0 aliphatic carbocycles. The summed E-state index contributed by atoms with van der Waals surface area (Å²) in [6.45, 7) is 0. The Hall–Kier alpha value is -0.810. The van der Waals surface area contributed by atoms with Crippen LogP contribution < -0.4 is 0 Å². The molecule has 0 rings (SSSR count). The number of hydrogen-bond donors (Lipinski definition) is 0. The molecule has 0 unspecified atom stereocenters. The smallest absolute Gasteiger partial charge is 0.274 e. The summed E-state index contributed by atoms with van der Waals surface area (Å²) in [6.07, 6.45) is -7.26. The number of alkyl halides is 11. The molecule has 0 aliphatic rings. The Labute approximate surface area is 101 Å². The number of rotatable bonds is 4. The lowest BCUT2D eigenvalue weighted by atomic mass is 9.99. The van der Waals surface area contributed by atoms with Gasteiger partial charge in [-0.15, -0.1) is 0 Å². The molecule has 13 heteroatoms. The maximum absolute atomic E-state index is 12.5. The van der Waals surface area contributed by atoms with Crippen molar-refractivity contribution >= 4 is 16.8 Å². The van der Waals surface area contributed by atoms with Gasteiger partial charge in [0.2, 0.25) is 0 Å². The van der Waals surface area contributed by atoms with Gasteiger partial charge in [0.25, 0.3) is 5.24 Å². The predicted octanol–water partition coefficient (Wildman–Crippen LogP) is 3.86. The fraction of sp³-hybridized carbons (Fsp3) is 0.833. The first kappa shape index (κ1) is 18.2.